The number of benzene rings is 1. The SMILES string of the molecule is CSc1ccc(C(C)C)c(Br)c1. The van der Waals surface area contributed by atoms with Gasteiger partial charge in [0.25, 0.3) is 0 Å². The van der Waals surface area contributed by atoms with E-state index in [0.717, 1.165) is 0 Å². The number of hydrogen-bond donors (Lipinski definition) is 0. The second-order valence-corrected chi connectivity index (χ2v) is 4.78. The van der Waals surface area contributed by atoms with Gasteiger partial charge in [-0.3, -0.25) is 0 Å². The van der Waals surface area contributed by atoms with Crippen molar-refractivity contribution in [1.82, 2.24) is 0 Å². The minimum atomic E-state index is 0.593. The Kier molecular flexibility index (Phi) is 3.66. The van der Waals surface area contributed by atoms with Crippen molar-refractivity contribution in [2.24, 2.45) is 0 Å². The third-order valence-corrected chi connectivity index (χ3v) is 3.24. The van der Waals surface area contributed by atoms with E-state index < -0.39 is 0 Å². The molecule has 0 aliphatic carbocycles. The summed E-state index contributed by atoms with van der Waals surface area (Å²) in [6, 6.07) is 6.55. The smallest absolute Gasteiger partial charge is 0.0221 e. The van der Waals surface area contributed by atoms with Crippen LogP contribution in [0.2, 0.25) is 0 Å². The van der Waals surface area contributed by atoms with E-state index in [4.69, 9.17) is 0 Å². The lowest BCUT2D eigenvalue weighted by molar-refractivity contribution is 0.858. The van der Waals surface area contributed by atoms with Crippen LogP contribution in [-0.4, -0.2) is 6.26 Å². The van der Waals surface area contributed by atoms with Crippen LogP contribution in [0, 0.1) is 0 Å². The van der Waals surface area contributed by atoms with Crippen molar-refractivity contribution in [1.29, 1.82) is 0 Å². The molecule has 0 spiro atoms. The number of hydrogen-bond acceptors (Lipinski definition) is 1. The molecule has 0 atom stereocenters. The van der Waals surface area contributed by atoms with Gasteiger partial charge in [-0.05, 0) is 29.9 Å². The fraction of sp³-hybridized carbons (Fsp3) is 0.400. The molecule has 0 fully saturated rings. The molecule has 0 unspecified atom stereocenters. The van der Waals surface area contributed by atoms with Gasteiger partial charge in [-0.15, -0.1) is 11.8 Å². The number of thioether (sulfide) groups is 1. The van der Waals surface area contributed by atoms with Gasteiger partial charge in [-0.1, -0.05) is 35.8 Å². The maximum atomic E-state index is 3.58. The van der Waals surface area contributed by atoms with Crippen LogP contribution >= 0.6 is 27.7 Å². The molecule has 1 aromatic carbocycles. The van der Waals surface area contributed by atoms with Crippen molar-refractivity contribution in [3.63, 3.8) is 0 Å². The molecule has 66 valence electrons. The van der Waals surface area contributed by atoms with Crippen LogP contribution in [0.4, 0.5) is 0 Å². The first-order chi connectivity index (χ1) is 5.65. The van der Waals surface area contributed by atoms with E-state index in [1.54, 1.807) is 11.8 Å². The van der Waals surface area contributed by atoms with Crippen LogP contribution in [0.5, 0.6) is 0 Å². The molecule has 0 bridgehead atoms. The van der Waals surface area contributed by atoms with Gasteiger partial charge in [0.05, 0.1) is 0 Å². The minimum Gasteiger partial charge on any atom is -0.130 e. The summed E-state index contributed by atoms with van der Waals surface area (Å²) >= 11 is 5.35. The fourth-order valence-corrected chi connectivity index (χ4v) is 2.53. The molecule has 0 aliphatic rings. The van der Waals surface area contributed by atoms with Crippen molar-refractivity contribution < 1.29 is 0 Å². The molecule has 0 radical (unpaired) electrons. The third kappa shape index (κ3) is 2.27. The Balaban J connectivity index is 3.03. The zero-order valence-electron chi connectivity index (χ0n) is 7.60. The zero-order chi connectivity index (χ0) is 9.14. The lowest BCUT2D eigenvalue weighted by atomic mass is 10.0. The molecule has 0 aromatic heterocycles. The summed E-state index contributed by atoms with van der Waals surface area (Å²) in [4.78, 5) is 1.31. The van der Waals surface area contributed by atoms with E-state index in [-0.39, 0.29) is 0 Å². The number of halogens is 1. The van der Waals surface area contributed by atoms with Gasteiger partial charge in [0.1, 0.15) is 0 Å². The van der Waals surface area contributed by atoms with E-state index in [0.29, 0.717) is 5.92 Å². The van der Waals surface area contributed by atoms with E-state index >= 15 is 0 Å². The molecule has 0 amide bonds. The topological polar surface area (TPSA) is 0 Å². The van der Waals surface area contributed by atoms with E-state index in [1.165, 1.54) is 14.9 Å². The summed E-state index contributed by atoms with van der Waals surface area (Å²) in [6.45, 7) is 4.41. The van der Waals surface area contributed by atoms with Gasteiger partial charge in [-0.2, -0.15) is 0 Å². The second kappa shape index (κ2) is 4.33. The highest BCUT2D eigenvalue weighted by atomic mass is 79.9. The van der Waals surface area contributed by atoms with Crippen molar-refractivity contribution in [3.05, 3.63) is 28.2 Å². The predicted octanol–water partition coefficient (Wildman–Crippen LogP) is 4.29. The largest absolute Gasteiger partial charge is 0.130 e. The normalized spacial score (nSPS) is 10.8. The van der Waals surface area contributed by atoms with Crippen molar-refractivity contribution in [3.8, 4) is 0 Å². The Bertz CT molecular complexity index is 269. The van der Waals surface area contributed by atoms with Crippen LogP contribution in [0.25, 0.3) is 0 Å². The summed E-state index contributed by atoms with van der Waals surface area (Å²) in [5.41, 5.74) is 1.38. The summed E-state index contributed by atoms with van der Waals surface area (Å²) in [6.07, 6.45) is 2.09. The molecular formula is C10H13BrS. The van der Waals surface area contributed by atoms with E-state index in [1.807, 2.05) is 0 Å². The summed E-state index contributed by atoms with van der Waals surface area (Å²) < 4.78 is 1.23. The van der Waals surface area contributed by atoms with Crippen LogP contribution in [-0.2, 0) is 0 Å². The van der Waals surface area contributed by atoms with Crippen LogP contribution in [0.1, 0.15) is 25.3 Å². The molecular weight excluding hydrogens is 232 g/mol. The van der Waals surface area contributed by atoms with Gasteiger partial charge in [-0.25, -0.2) is 0 Å². The van der Waals surface area contributed by atoms with Crippen LogP contribution in [0.15, 0.2) is 27.6 Å². The average Bonchev–Trinajstić information content (AvgIpc) is 2.03. The Morgan fingerprint density at radius 3 is 2.42 bits per heavy atom. The minimum absolute atomic E-state index is 0.593. The first kappa shape index (κ1) is 10.1. The van der Waals surface area contributed by atoms with E-state index in [2.05, 4.69) is 54.2 Å². The van der Waals surface area contributed by atoms with Gasteiger partial charge in [0.2, 0.25) is 0 Å². The molecule has 1 aromatic rings. The van der Waals surface area contributed by atoms with E-state index in [9.17, 15) is 0 Å². The summed E-state index contributed by atoms with van der Waals surface area (Å²) in [7, 11) is 0. The highest BCUT2D eigenvalue weighted by Gasteiger charge is 2.04. The lowest BCUT2D eigenvalue weighted by Crippen LogP contribution is -1.88. The van der Waals surface area contributed by atoms with Gasteiger partial charge in [0, 0.05) is 9.37 Å². The van der Waals surface area contributed by atoms with Crippen LogP contribution < -0.4 is 0 Å². The molecule has 1 rings (SSSR count). The average molecular weight is 245 g/mol. The third-order valence-electron chi connectivity index (χ3n) is 1.83. The molecule has 0 saturated carbocycles. The molecule has 0 saturated heterocycles. The van der Waals surface area contributed by atoms with Gasteiger partial charge < -0.3 is 0 Å². The molecule has 12 heavy (non-hydrogen) atoms. The Labute approximate surface area is 86.9 Å². The fourth-order valence-electron chi connectivity index (χ4n) is 1.10. The van der Waals surface area contributed by atoms with Gasteiger partial charge in [0.15, 0.2) is 0 Å². The van der Waals surface area contributed by atoms with Crippen molar-refractivity contribution >= 4 is 27.7 Å². The molecule has 0 aliphatic heterocycles. The first-order valence-corrected chi connectivity index (χ1v) is 6.00. The Morgan fingerprint density at radius 2 is 2.00 bits per heavy atom. The highest BCUT2D eigenvalue weighted by molar-refractivity contribution is 9.10. The standard InChI is InChI=1S/C10H13BrS/c1-7(2)9-5-4-8(12-3)6-10(9)11/h4-7H,1-3H3. The summed E-state index contributed by atoms with van der Waals surface area (Å²) in [5.74, 6) is 0.593. The maximum Gasteiger partial charge on any atom is 0.0221 e. The number of rotatable bonds is 2. The molecule has 0 N–H and O–H groups in total. The predicted molar refractivity (Wildman–Crippen MR) is 60.0 cm³/mol. The van der Waals surface area contributed by atoms with Crippen molar-refractivity contribution in [2.45, 2.75) is 24.7 Å². The molecule has 0 nitrogen and oxygen atoms in total. The highest BCUT2D eigenvalue weighted by Crippen LogP contribution is 2.28. The monoisotopic (exact) mass is 244 g/mol. The van der Waals surface area contributed by atoms with Crippen molar-refractivity contribution in [2.75, 3.05) is 6.26 Å². The summed E-state index contributed by atoms with van der Waals surface area (Å²) in [5, 5.41) is 0. The second-order valence-electron chi connectivity index (χ2n) is 3.04. The Hall–Kier alpha value is 0.0500. The Morgan fingerprint density at radius 1 is 1.33 bits per heavy atom. The zero-order valence-corrected chi connectivity index (χ0v) is 10.00. The quantitative estimate of drug-likeness (QED) is 0.700. The maximum absolute atomic E-state index is 3.58. The molecule has 0 heterocycles. The first-order valence-electron chi connectivity index (χ1n) is 3.98. The van der Waals surface area contributed by atoms with Crippen LogP contribution in [0.3, 0.4) is 0 Å². The van der Waals surface area contributed by atoms with Gasteiger partial charge >= 0.3 is 0 Å². The molecule has 2 heteroatoms. The lowest BCUT2D eigenvalue weighted by Gasteiger charge is -2.08.